The molecular weight excluding hydrogens is 296 g/mol. The van der Waals surface area contributed by atoms with Gasteiger partial charge in [0.05, 0.1) is 11.5 Å². The first-order valence-electron chi connectivity index (χ1n) is 7.23. The average molecular weight is 314 g/mol. The van der Waals surface area contributed by atoms with Crippen molar-refractivity contribution in [3.8, 4) is 0 Å². The summed E-state index contributed by atoms with van der Waals surface area (Å²) in [6.45, 7) is 2.18. The lowest BCUT2D eigenvalue weighted by molar-refractivity contribution is -0.384. The molecule has 2 aromatic rings. The summed E-state index contributed by atoms with van der Waals surface area (Å²) in [6, 6.07) is 11.7. The molecule has 0 aliphatic carbocycles. The highest BCUT2D eigenvalue weighted by molar-refractivity contribution is 5.96. The van der Waals surface area contributed by atoms with E-state index in [1.165, 1.54) is 12.1 Å². The summed E-state index contributed by atoms with van der Waals surface area (Å²) in [5.41, 5.74) is 2.79. The fourth-order valence-electron chi connectivity index (χ4n) is 2.20. The smallest absolute Gasteiger partial charge is 0.270 e. The lowest BCUT2D eigenvalue weighted by Crippen LogP contribution is -2.26. The fourth-order valence-corrected chi connectivity index (χ4v) is 2.20. The van der Waals surface area contributed by atoms with Crippen LogP contribution < -0.4 is 5.32 Å². The summed E-state index contributed by atoms with van der Waals surface area (Å²) >= 11 is 0. The number of non-ortho nitro benzene ring substituents is 1. The normalized spacial score (nSPS) is 10.3. The second kappa shape index (κ2) is 7.51. The Morgan fingerprint density at radius 2 is 1.83 bits per heavy atom. The third kappa shape index (κ3) is 4.37. The summed E-state index contributed by atoms with van der Waals surface area (Å²) in [7, 11) is 0. The van der Waals surface area contributed by atoms with Crippen LogP contribution in [0.25, 0.3) is 0 Å². The highest BCUT2D eigenvalue weighted by atomic mass is 16.6. The van der Waals surface area contributed by atoms with E-state index in [1.54, 1.807) is 13.0 Å². The van der Waals surface area contributed by atoms with Gasteiger partial charge in [0.15, 0.2) is 0 Å². The van der Waals surface area contributed by atoms with Gasteiger partial charge in [0.1, 0.15) is 0 Å². The summed E-state index contributed by atoms with van der Waals surface area (Å²) in [5.74, 6) is -0.321. The van der Waals surface area contributed by atoms with Crippen molar-refractivity contribution in [3.63, 3.8) is 0 Å². The standard InChI is InChI=1S/C17H18N2O4/c1-12-2-7-15(19(22)23)10-16(12)17(21)18-9-8-13-3-5-14(11-20)6-4-13/h2-7,10,20H,8-9,11H2,1H3,(H,18,21). The number of aliphatic hydroxyl groups excluding tert-OH is 1. The van der Waals surface area contributed by atoms with Gasteiger partial charge in [0, 0.05) is 24.2 Å². The second-order valence-electron chi connectivity index (χ2n) is 5.24. The number of carbonyl (C=O) groups excluding carboxylic acids is 1. The lowest BCUT2D eigenvalue weighted by Gasteiger charge is -2.08. The summed E-state index contributed by atoms with van der Waals surface area (Å²) in [6.07, 6.45) is 0.644. The number of benzene rings is 2. The van der Waals surface area contributed by atoms with E-state index in [9.17, 15) is 14.9 Å². The van der Waals surface area contributed by atoms with Crippen LogP contribution in [0.15, 0.2) is 42.5 Å². The maximum Gasteiger partial charge on any atom is 0.270 e. The Morgan fingerprint density at radius 1 is 1.17 bits per heavy atom. The van der Waals surface area contributed by atoms with Gasteiger partial charge in [0.2, 0.25) is 0 Å². The van der Waals surface area contributed by atoms with Crippen molar-refractivity contribution >= 4 is 11.6 Å². The van der Waals surface area contributed by atoms with Gasteiger partial charge in [-0.25, -0.2) is 0 Å². The molecule has 0 saturated heterocycles. The molecule has 0 aromatic heterocycles. The number of carbonyl (C=O) groups is 1. The van der Waals surface area contributed by atoms with Crippen LogP contribution in [-0.2, 0) is 13.0 Å². The molecule has 0 atom stereocenters. The van der Waals surface area contributed by atoms with Gasteiger partial charge in [-0.1, -0.05) is 30.3 Å². The molecule has 0 saturated carbocycles. The predicted octanol–water partition coefficient (Wildman–Crippen LogP) is 2.37. The van der Waals surface area contributed by atoms with E-state index < -0.39 is 4.92 Å². The third-order valence-electron chi connectivity index (χ3n) is 3.58. The number of amides is 1. The van der Waals surface area contributed by atoms with E-state index >= 15 is 0 Å². The molecular formula is C17H18N2O4. The highest BCUT2D eigenvalue weighted by Crippen LogP contribution is 2.17. The van der Waals surface area contributed by atoms with Gasteiger partial charge in [-0.2, -0.15) is 0 Å². The Morgan fingerprint density at radius 3 is 2.43 bits per heavy atom. The number of nitro groups is 1. The number of nitrogens with one attached hydrogen (secondary N) is 1. The summed E-state index contributed by atoms with van der Waals surface area (Å²) in [5, 5.41) is 22.6. The Hall–Kier alpha value is -2.73. The number of hydrogen-bond donors (Lipinski definition) is 2. The topological polar surface area (TPSA) is 92.5 Å². The monoisotopic (exact) mass is 314 g/mol. The van der Waals surface area contributed by atoms with E-state index in [4.69, 9.17) is 5.11 Å². The Bertz CT molecular complexity index is 711. The quantitative estimate of drug-likeness (QED) is 0.632. The van der Waals surface area contributed by atoms with E-state index in [0.717, 1.165) is 11.1 Å². The number of hydrogen-bond acceptors (Lipinski definition) is 4. The molecule has 6 nitrogen and oxygen atoms in total. The molecule has 0 bridgehead atoms. The van der Waals surface area contributed by atoms with Gasteiger partial charge < -0.3 is 10.4 Å². The molecule has 2 rings (SSSR count). The number of aliphatic hydroxyl groups is 1. The van der Waals surface area contributed by atoms with Crippen LogP contribution in [0.1, 0.15) is 27.0 Å². The maximum absolute atomic E-state index is 12.2. The van der Waals surface area contributed by atoms with E-state index in [-0.39, 0.29) is 18.2 Å². The van der Waals surface area contributed by atoms with Gasteiger partial charge in [-0.05, 0) is 30.0 Å². The molecule has 1 amide bonds. The van der Waals surface area contributed by atoms with Crippen molar-refractivity contribution in [1.82, 2.24) is 5.32 Å². The first kappa shape index (κ1) is 16.6. The zero-order chi connectivity index (χ0) is 16.8. The number of nitrogens with zero attached hydrogens (tertiary/aromatic N) is 1. The van der Waals surface area contributed by atoms with Crippen LogP contribution >= 0.6 is 0 Å². The first-order valence-corrected chi connectivity index (χ1v) is 7.23. The third-order valence-corrected chi connectivity index (χ3v) is 3.58. The Labute approximate surface area is 133 Å². The van der Waals surface area contributed by atoms with Gasteiger partial charge in [0.25, 0.3) is 11.6 Å². The zero-order valence-electron chi connectivity index (χ0n) is 12.8. The van der Waals surface area contributed by atoms with Crippen molar-refractivity contribution in [2.45, 2.75) is 20.0 Å². The molecule has 0 aliphatic rings. The maximum atomic E-state index is 12.2. The fraction of sp³-hybridized carbons (Fsp3) is 0.235. The minimum absolute atomic E-state index is 0.00306. The Balaban J connectivity index is 1.96. The molecule has 0 aliphatic heterocycles. The minimum atomic E-state index is -0.515. The Kier molecular flexibility index (Phi) is 5.43. The van der Waals surface area contributed by atoms with Gasteiger partial charge >= 0.3 is 0 Å². The van der Waals surface area contributed by atoms with E-state index in [0.29, 0.717) is 24.1 Å². The van der Waals surface area contributed by atoms with E-state index in [2.05, 4.69) is 5.32 Å². The summed E-state index contributed by atoms with van der Waals surface area (Å²) in [4.78, 5) is 22.4. The summed E-state index contributed by atoms with van der Waals surface area (Å²) < 4.78 is 0. The number of rotatable bonds is 6. The molecule has 0 heterocycles. The number of aryl methyl sites for hydroxylation is 1. The van der Waals surface area contributed by atoms with Crippen LogP contribution in [0.3, 0.4) is 0 Å². The highest BCUT2D eigenvalue weighted by Gasteiger charge is 2.14. The van der Waals surface area contributed by atoms with Crippen LogP contribution in [0.2, 0.25) is 0 Å². The van der Waals surface area contributed by atoms with Crippen LogP contribution in [0, 0.1) is 17.0 Å². The minimum Gasteiger partial charge on any atom is -0.392 e. The van der Waals surface area contributed by atoms with Crippen LogP contribution in [-0.4, -0.2) is 22.5 Å². The van der Waals surface area contributed by atoms with Crippen molar-refractivity contribution in [1.29, 1.82) is 0 Å². The lowest BCUT2D eigenvalue weighted by atomic mass is 10.1. The molecule has 2 N–H and O–H groups in total. The van der Waals surface area contributed by atoms with Crippen molar-refractivity contribution < 1.29 is 14.8 Å². The molecule has 0 unspecified atom stereocenters. The molecule has 0 radical (unpaired) electrons. The van der Waals surface area contributed by atoms with Crippen molar-refractivity contribution in [2.75, 3.05) is 6.54 Å². The van der Waals surface area contributed by atoms with Gasteiger partial charge in [-0.15, -0.1) is 0 Å². The van der Waals surface area contributed by atoms with Crippen molar-refractivity contribution in [2.24, 2.45) is 0 Å². The van der Waals surface area contributed by atoms with Crippen LogP contribution in [0.4, 0.5) is 5.69 Å². The largest absolute Gasteiger partial charge is 0.392 e. The average Bonchev–Trinajstić information content (AvgIpc) is 2.55. The van der Waals surface area contributed by atoms with Crippen molar-refractivity contribution in [3.05, 3.63) is 74.8 Å². The zero-order valence-corrected chi connectivity index (χ0v) is 12.8. The first-order chi connectivity index (χ1) is 11.0. The van der Waals surface area contributed by atoms with Crippen LogP contribution in [0.5, 0.6) is 0 Å². The molecule has 0 spiro atoms. The predicted molar refractivity (Wildman–Crippen MR) is 86.2 cm³/mol. The molecule has 23 heavy (non-hydrogen) atoms. The molecule has 2 aromatic carbocycles. The number of nitro benzene ring substituents is 1. The SMILES string of the molecule is Cc1ccc([N+](=O)[O-])cc1C(=O)NCCc1ccc(CO)cc1. The van der Waals surface area contributed by atoms with Gasteiger partial charge in [-0.3, -0.25) is 14.9 Å². The molecule has 120 valence electrons. The second-order valence-corrected chi connectivity index (χ2v) is 5.24. The molecule has 6 heteroatoms. The van der Waals surface area contributed by atoms with E-state index in [1.807, 2.05) is 24.3 Å². The molecule has 0 fully saturated rings.